The normalized spacial score (nSPS) is 14.7. The van der Waals surface area contributed by atoms with Crippen molar-refractivity contribution in [3.8, 4) is 0 Å². The van der Waals surface area contributed by atoms with Crippen LogP contribution in [0.2, 0.25) is 0 Å². The second-order valence-corrected chi connectivity index (χ2v) is 6.37. The van der Waals surface area contributed by atoms with Crippen molar-refractivity contribution in [3.05, 3.63) is 0 Å². The van der Waals surface area contributed by atoms with E-state index in [4.69, 9.17) is 0 Å². The predicted molar refractivity (Wildman–Crippen MR) is 84.5 cm³/mol. The second-order valence-electron chi connectivity index (χ2n) is 5.14. The summed E-state index contributed by atoms with van der Waals surface area (Å²) in [5.41, 5.74) is -0.0278. The van der Waals surface area contributed by atoms with Crippen molar-refractivity contribution < 1.29 is 5.11 Å². The highest BCUT2D eigenvalue weighted by atomic mass is 32.2. The number of aliphatic hydroxyl groups excluding tert-OH is 1. The molecule has 0 radical (unpaired) electrons. The Kier molecular flexibility index (Phi) is 12.5. The lowest BCUT2D eigenvalue weighted by molar-refractivity contribution is 0.146. The minimum atomic E-state index is -0.0278. The quantitative estimate of drug-likeness (QED) is 0.501. The molecule has 0 aliphatic heterocycles. The number of hydrogen-bond acceptors (Lipinski definition) is 3. The van der Waals surface area contributed by atoms with Crippen molar-refractivity contribution in [2.75, 3.05) is 24.7 Å². The van der Waals surface area contributed by atoms with Gasteiger partial charge in [-0.2, -0.15) is 11.8 Å². The third-order valence-electron chi connectivity index (χ3n) is 3.57. The van der Waals surface area contributed by atoms with Gasteiger partial charge in [-0.3, -0.25) is 0 Å². The number of aliphatic hydroxyl groups is 1. The van der Waals surface area contributed by atoms with E-state index in [0.29, 0.717) is 0 Å². The third kappa shape index (κ3) is 8.39. The molecular formula is C15H33NOS. The summed E-state index contributed by atoms with van der Waals surface area (Å²) in [6.45, 7) is 7.88. The molecular weight excluding hydrogens is 242 g/mol. The number of hydrogen-bond donors (Lipinski definition) is 2. The maximum Gasteiger partial charge on any atom is 0.0613 e. The van der Waals surface area contributed by atoms with E-state index in [0.717, 1.165) is 25.8 Å². The van der Waals surface area contributed by atoms with Gasteiger partial charge in [0.25, 0.3) is 0 Å². The summed E-state index contributed by atoms with van der Waals surface area (Å²) in [4.78, 5) is 0. The number of thioether (sulfide) groups is 1. The molecule has 1 unspecified atom stereocenters. The highest BCUT2D eigenvalue weighted by molar-refractivity contribution is 7.99. The van der Waals surface area contributed by atoms with Crippen LogP contribution in [0.3, 0.4) is 0 Å². The summed E-state index contributed by atoms with van der Waals surface area (Å²) in [6, 6.07) is 0. The molecule has 18 heavy (non-hydrogen) atoms. The lowest BCUT2D eigenvalue weighted by atomic mass is 9.91. The van der Waals surface area contributed by atoms with Crippen LogP contribution in [0.4, 0.5) is 0 Å². The summed E-state index contributed by atoms with van der Waals surface area (Å²) >= 11 is 2.07. The van der Waals surface area contributed by atoms with Crippen LogP contribution in [0.5, 0.6) is 0 Å². The Hall–Kier alpha value is 0.270. The van der Waals surface area contributed by atoms with Crippen molar-refractivity contribution in [2.45, 2.75) is 71.3 Å². The molecule has 2 nitrogen and oxygen atoms in total. The molecule has 110 valence electrons. The second kappa shape index (κ2) is 12.3. The molecule has 0 aliphatic rings. The minimum Gasteiger partial charge on any atom is -0.394 e. The molecule has 0 fully saturated rings. The Morgan fingerprint density at radius 1 is 1.00 bits per heavy atom. The van der Waals surface area contributed by atoms with E-state index in [9.17, 15) is 5.11 Å². The van der Waals surface area contributed by atoms with Gasteiger partial charge in [-0.25, -0.2) is 0 Å². The van der Waals surface area contributed by atoms with Gasteiger partial charge >= 0.3 is 0 Å². The molecule has 0 saturated heterocycles. The molecule has 0 heterocycles. The fourth-order valence-electron chi connectivity index (χ4n) is 2.10. The standard InChI is InChI=1S/C15H33NOS/c1-4-7-8-12-18-13-9-10-15(6-3,14-17)16-11-5-2/h16-17H,4-14H2,1-3H3. The van der Waals surface area contributed by atoms with Crippen LogP contribution in [0.25, 0.3) is 0 Å². The van der Waals surface area contributed by atoms with E-state index in [1.165, 1.54) is 37.2 Å². The molecule has 0 rings (SSSR count). The zero-order chi connectivity index (χ0) is 13.7. The highest BCUT2D eigenvalue weighted by Gasteiger charge is 2.25. The molecule has 0 amide bonds. The zero-order valence-electron chi connectivity index (χ0n) is 12.6. The van der Waals surface area contributed by atoms with Crippen LogP contribution in [-0.2, 0) is 0 Å². The molecule has 2 N–H and O–H groups in total. The average molecular weight is 276 g/mol. The van der Waals surface area contributed by atoms with Crippen LogP contribution >= 0.6 is 11.8 Å². The highest BCUT2D eigenvalue weighted by Crippen LogP contribution is 2.19. The summed E-state index contributed by atoms with van der Waals surface area (Å²) in [5, 5.41) is 13.1. The first-order valence-electron chi connectivity index (χ1n) is 7.68. The number of unbranched alkanes of at least 4 members (excludes halogenated alkanes) is 2. The fourth-order valence-corrected chi connectivity index (χ4v) is 3.06. The summed E-state index contributed by atoms with van der Waals surface area (Å²) in [7, 11) is 0. The largest absolute Gasteiger partial charge is 0.394 e. The Balaban J connectivity index is 3.69. The fraction of sp³-hybridized carbons (Fsp3) is 1.00. The van der Waals surface area contributed by atoms with Crippen molar-refractivity contribution in [1.82, 2.24) is 5.32 Å². The first-order chi connectivity index (χ1) is 8.74. The third-order valence-corrected chi connectivity index (χ3v) is 4.72. The molecule has 0 aliphatic carbocycles. The summed E-state index contributed by atoms with van der Waals surface area (Å²) in [6.07, 6.45) is 8.49. The van der Waals surface area contributed by atoms with Gasteiger partial charge in [0.1, 0.15) is 0 Å². The first kappa shape index (κ1) is 18.3. The molecule has 1 atom stereocenters. The van der Waals surface area contributed by atoms with Gasteiger partial charge in [-0.05, 0) is 50.2 Å². The van der Waals surface area contributed by atoms with Gasteiger partial charge in [-0.15, -0.1) is 0 Å². The Morgan fingerprint density at radius 3 is 2.28 bits per heavy atom. The van der Waals surface area contributed by atoms with E-state index in [1.807, 2.05) is 0 Å². The molecule has 0 aromatic carbocycles. The molecule has 0 bridgehead atoms. The Bertz CT molecular complexity index is 172. The first-order valence-corrected chi connectivity index (χ1v) is 8.83. The molecule has 3 heteroatoms. The van der Waals surface area contributed by atoms with Crippen LogP contribution in [0.15, 0.2) is 0 Å². The summed E-state index contributed by atoms with van der Waals surface area (Å²) < 4.78 is 0. The van der Waals surface area contributed by atoms with Crippen molar-refractivity contribution in [3.63, 3.8) is 0 Å². The summed E-state index contributed by atoms with van der Waals surface area (Å²) in [5.74, 6) is 2.54. The topological polar surface area (TPSA) is 32.3 Å². The van der Waals surface area contributed by atoms with Gasteiger partial charge in [0.2, 0.25) is 0 Å². The molecule has 0 aromatic rings. The van der Waals surface area contributed by atoms with Gasteiger partial charge < -0.3 is 10.4 Å². The lowest BCUT2D eigenvalue weighted by Crippen LogP contribution is -2.48. The SMILES string of the molecule is CCCCCSCCCC(CC)(CO)NCCC. The van der Waals surface area contributed by atoms with E-state index < -0.39 is 0 Å². The van der Waals surface area contributed by atoms with Gasteiger partial charge in [0, 0.05) is 5.54 Å². The molecule has 0 spiro atoms. The number of nitrogens with one attached hydrogen (secondary N) is 1. The maximum absolute atomic E-state index is 9.61. The molecule has 0 saturated carbocycles. The van der Waals surface area contributed by atoms with Crippen LogP contribution in [-0.4, -0.2) is 35.3 Å². The van der Waals surface area contributed by atoms with E-state index in [1.54, 1.807) is 0 Å². The zero-order valence-corrected chi connectivity index (χ0v) is 13.5. The van der Waals surface area contributed by atoms with Gasteiger partial charge in [-0.1, -0.05) is 33.6 Å². The van der Waals surface area contributed by atoms with E-state index >= 15 is 0 Å². The van der Waals surface area contributed by atoms with Crippen molar-refractivity contribution >= 4 is 11.8 Å². The van der Waals surface area contributed by atoms with Crippen LogP contribution < -0.4 is 5.32 Å². The van der Waals surface area contributed by atoms with Gasteiger partial charge in [0.15, 0.2) is 0 Å². The van der Waals surface area contributed by atoms with Crippen LogP contribution in [0, 0.1) is 0 Å². The van der Waals surface area contributed by atoms with E-state index in [-0.39, 0.29) is 12.1 Å². The predicted octanol–water partition coefficient (Wildman–Crippen LogP) is 3.83. The lowest BCUT2D eigenvalue weighted by Gasteiger charge is -2.32. The Morgan fingerprint density at radius 2 is 1.72 bits per heavy atom. The maximum atomic E-state index is 9.61. The van der Waals surface area contributed by atoms with Crippen molar-refractivity contribution in [2.24, 2.45) is 0 Å². The smallest absolute Gasteiger partial charge is 0.0613 e. The monoisotopic (exact) mass is 275 g/mol. The molecule has 0 aromatic heterocycles. The van der Waals surface area contributed by atoms with Crippen molar-refractivity contribution in [1.29, 1.82) is 0 Å². The average Bonchev–Trinajstić information content (AvgIpc) is 2.42. The Labute approximate surface area is 118 Å². The van der Waals surface area contributed by atoms with Gasteiger partial charge in [0.05, 0.1) is 6.61 Å². The number of rotatable bonds is 13. The van der Waals surface area contributed by atoms with Crippen LogP contribution in [0.1, 0.15) is 65.7 Å². The minimum absolute atomic E-state index is 0.0278. The van der Waals surface area contributed by atoms with E-state index in [2.05, 4.69) is 37.8 Å².